The normalized spacial score (nSPS) is 13.6. The summed E-state index contributed by atoms with van der Waals surface area (Å²) in [6.07, 6.45) is 0.0749. The minimum absolute atomic E-state index is 0.214. The van der Waals surface area contributed by atoms with E-state index in [1.165, 1.54) is 21.0 Å². The molecule has 1 rings (SSSR count). The number of nitrogens with one attached hydrogen (secondary N) is 1. The van der Waals surface area contributed by atoms with Crippen LogP contribution in [0.2, 0.25) is 0 Å². The van der Waals surface area contributed by atoms with Crippen LogP contribution in [0.25, 0.3) is 0 Å². The number of aliphatic hydroxyl groups is 1. The molecule has 1 aromatic rings. The third-order valence-electron chi connectivity index (χ3n) is 2.27. The number of aryl methyl sites for hydroxylation is 1. The molecule has 0 saturated heterocycles. The average Bonchev–Trinajstić information content (AvgIpc) is 2.28. The zero-order valence-electron chi connectivity index (χ0n) is 10.2. The van der Waals surface area contributed by atoms with Gasteiger partial charge in [-0.15, -0.1) is 0 Å². The monoisotopic (exact) mass is 277 g/mol. The van der Waals surface area contributed by atoms with Gasteiger partial charge in [0.05, 0.1) is 6.10 Å². The molecule has 0 fully saturated rings. The zero-order chi connectivity index (χ0) is 14.1. The first-order valence-electron chi connectivity index (χ1n) is 5.11. The predicted molar refractivity (Wildman–Crippen MR) is 63.8 cm³/mol. The first kappa shape index (κ1) is 14.6. The van der Waals surface area contributed by atoms with Crippen molar-refractivity contribution < 1.29 is 13.5 Å². The molecule has 18 heavy (non-hydrogen) atoms. The molecule has 0 saturated carbocycles. The van der Waals surface area contributed by atoms with Crippen molar-refractivity contribution >= 4 is 10.0 Å². The topological polar surface area (TPSA) is 110 Å². The number of sulfonamides is 1. The molecule has 0 aliphatic rings. The maximum absolute atomic E-state index is 11.8. The summed E-state index contributed by atoms with van der Waals surface area (Å²) in [6, 6.07) is 0. The summed E-state index contributed by atoms with van der Waals surface area (Å²) in [5.41, 5.74) is -1.52. The van der Waals surface area contributed by atoms with E-state index in [4.69, 9.17) is 5.11 Å². The van der Waals surface area contributed by atoms with Gasteiger partial charge >= 0.3 is 5.69 Å². The van der Waals surface area contributed by atoms with Crippen molar-refractivity contribution in [3.8, 4) is 0 Å². The van der Waals surface area contributed by atoms with E-state index in [1.54, 1.807) is 0 Å². The third-order valence-corrected chi connectivity index (χ3v) is 3.68. The van der Waals surface area contributed by atoms with Crippen molar-refractivity contribution in [3.63, 3.8) is 0 Å². The first-order valence-corrected chi connectivity index (χ1v) is 6.59. The molecule has 0 aromatic carbocycles. The van der Waals surface area contributed by atoms with Gasteiger partial charge in [-0.3, -0.25) is 9.36 Å². The lowest BCUT2D eigenvalue weighted by molar-refractivity contribution is 0.198. The van der Waals surface area contributed by atoms with Gasteiger partial charge in [-0.2, -0.15) is 0 Å². The van der Waals surface area contributed by atoms with Crippen LogP contribution in [0, 0.1) is 0 Å². The molecule has 9 heteroatoms. The van der Waals surface area contributed by atoms with Crippen LogP contribution in [0.1, 0.15) is 6.92 Å². The standard InChI is InChI=1S/C9H15N3O5S/c1-6(13)4-10-18(16,17)7-5-11(2)9(15)12(3)8(7)14/h5-6,10,13H,4H2,1-3H3. The van der Waals surface area contributed by atoms with E-state index in [-0.39, 0.29) is 6.54 Å². The Morgan fingerprint density at radius 2 is 1.94 bits per heavy atom. The fraction of sp³-hybridized carbons (Fsp3) is 0.556. The highest BCUT2D eigenvalue weighted by Crippen LogP contribution is 1.99. The second kappa shape index (κ2) is 5.04. The summed E-state index contributed by atoms with van der Waals surface area (Å²) in [5.74, 6) is 0. The largest absolute Gasteiger partial charge is 0.392 e. The lowest BCUT2D eigenvalue weighted by atomic mass is 10.4. The number of aromatic nitrogens is 2. The molecule has 0 aliphatic carbocycles. The second-order valence-corrected chi connectivity index (χ2v) is 5.69. The Hall–Kier alpha value is -1.45. The molecule has 0 bridgehead atoms. The Morgan fingerprint density at radius 3 is 2.44 bits per heavy atom. The molecule has 8 nitrogen and oxygen atoms in total. The number of hydrogen-bond donors (Lipinski definition) is 2. The van der Waals surface area contributed by atoms with Crippen molar-refractivity contribution in [1.82, 2.24) is 13.9 Å². The quantitative estimate of drug-likeness (QED) is 0.645. The van der Waals surface area contributed by atoms with Crippen molar-refractivity contribution in [1.29, 1.82) is 0 Å². The van der Waals surface area contributed by atoms with Gasteiger partial charge in [0.25, 0.3) is 5.56 Å². The molecular weight excluding hydrogens is 262 g/mol. The molecule has 1 aromatic heterocycles. The van der Waals surface area contributed by atoms with E-state index < -0.39 is 32.3 Å². The van der Waals surface area contributed by atoms with Gasteiger partial charge in [0.15, 0.2) is 4.90 Å². The van der Waals surface area contributed by atoms with Gasteiger partial charge in [-0.25, -0.2) is 17.9 Å². The van der Waals surface area contributed by atoms with Crippen LogP contribution in [-0.4, -0.2) is 35.3 Å². The van der Waals surface area contributed by atoms with E-state index in [2.05, 4.69) is 4.72 Å². The molecule has 1 unspecified atom stereocenters. The van der Waals surface area contributed by atoms with Gasteiger partial charge in [0.2, 0.25) is 10.0 Å². The molecule has 0 aliphatic heterocycles. The van der Waals surface area contributed by atoms with E-state index in [0.717, 1.165) is 10.8 Å². The van der Waals surface area contributed by atoms with Crippen molar-refractivity contribution in [2.75, 3.05) is 6.54 Å². The van der Waals surface area contributed by atoms with Gasteiger partial charge in [0.1, 0.15) is 0 Å². The molecule has 0 spiro atoms. The Bertz CT molecular complexity index is 656. The van der Waals surface area contributed by atoms with Gasteiger partial charge in [0, 0.05) is 26.8 Å². The van der Waals surface area contributed by atoms with Gasteiger partial charge < -0.3 is 9.67 Å². The smallest absolute Gasteiger partial charge is 0.330 e. The van der Waals surface area contributed by atoms with E-state index in [1.807, 2.05) is 0 Å². The molecular formula is C9H15N3O5S. The SMILES string of the molecule is CC(O)CNS(=O)(=O)c1cn(C)c(=O)n(C)c1=O. The maximum Gasteiger partial charge on any atom is 0.330 e. The van der Waals surface area contributed by atoms with E-state index >= 15 is 0 Å². The zero-order valence-corrected chi connectivity index (χ0v) is 11.1. The summed E-state index contributed by atoms with van der Waals surface area (Å²) in [6.45, 7) is 1.19. The molecule has 1 atom stereocenters. The fourth-order valence-electron chi connectivity index (χ4n) is 1.27. The van der Waals surface area contributed by atoms with Crippen molar-refractivity contribution in [2.45, 2.75) is 17.9 Å². The van der Waals surface area contributed by atoms with Crippen LogP contribution in [-0.2, 0) is 24.1 Å². The number of nitrogens with zero attached hydrogens (tertiary/aromatic N) is 2. The second-order valence-electron chi connectivity index (χ2n) is 3.95. The summed E-state index contributed by atoms with van der Waals surface area (Å²) >= 11 is 0. The Morgan fingerprint density at radius 1 is 1.39 bits per heavy atom. The maximum atomic E-state index is 11.8. The van der Waals surface area contributed by atoms with Gasteiger partial charge in [-0.05, 0) is 6.92 Å². The highest BCUT2D eigenvalue weighted by molar-refractivity contribution is 7.89. The number of hydrogen-bond acceptors (Lipinski definition) is 5. The molecule has 1 heterocycles. The third kappa shape index (κ3) is 2.86. The first-order chi connectivity index (χ1) is 8.16. The fourth-order valence-corrected chi connectivity index (χ4v) is 2.55. The lowest BCUT2D eigenvalue weighted by Crippen LogP contribution is -2.42. The summed E-state index contributed by atoms with van der Waals surface area (Å²) in [7, 11) is -1.52. The van der Waals surface area contributed by atoms with Crippen LogP contribution >= 0.6 is 0 Å². The average molecular weight is 277 g/mol. The van der Waals surface area contributed by atoms with Crippen LogP contribution in [0.15, 0.2) is 20.7 Å². The van der Waals surface area contributed by atoms with E-state index in [9.17, 15) is 18.0 Å². The van der Waals surface area contributed by atoms with Crippen LogP contribution in [0.5, 0.6) is 0 Å². The van der Waals surface area contributed by atoms with Crippen molar-refractivity contribution in [3.05, 3.63) is 27.0 Å². The van der Waals surface area contributed by atoms with Crippen LogP contribution in [0.3, 0.4) is 0 Å². The lowest BCUT2D eigenvalue weighted by Gasteiger charge is -2.10. The van der Waals surface area contributed by atoms with E-state index in [0.29, 0.717) is 4.57 Å². The van der Waals surface area contributed by atoms with Crippen LogP contribution < -0.4 is 16.0 Å². The summed E-state index contributed by atoms with van der Waals surface area (Å²) < 4.78 is 27.4. The highest BCUT2D eigenvalue weighted by Gasteiger charge is 2.21. The predicted octanol–water partition coefficient (Wildman–Crippen LogP) is -2.26. The Kier molecular flexibility index (Phi) is 4.09. The number of rotatable bonds is 4. The minimum atomic E-state index is -4.05. The molecule has 102 valence electrons. The molecule has 0 radical (unpaired) electrons. The summed E-state index contributed by atoms with van der Waals surface area (Å²) in [4.78, 5) is 22.6. The summed E-state index contributed by atoms with van der Waals surface area (Å²) in [5, 5.41) is 9.02. The highest BCUT2D eigenvalue weighted by atomic mass is 32.2. The van der Waals surface area contributed by atoms with Gasteiger partial charge in [-0.1, -0.05) is 0 Å². The molecule has 2 N–H and O–H groups in total. The Labute approximate surface area is 104 Å². The minimum Gasteiger partial charge on any atom is -0.392 e. The van der Waals surface area contributed by atoms with Crippen LogP contribution in [0.4, 0.5) is 0 Å². The molecule has 0 amide bonds. The Balaban J connectivity index is 3.35. The van der Waals surface area contributed by atoms with Crippen molar-refractivity contribution in [2.24, 2.45) is 14.1 Å². The number of aliphatic hydroxyl groups excluding tert-OH is 1.